The summed E-state index contributed by atoms with van der Waals surface area (Å²) in [5, 5.41) is 16.2. The second kappa shape index (κ2) is 9.77. The molecule has 0 radical (unpaired) electrons. The fraction of sp³-hybridized carbons (Fsp3) is 0.0303. The molecular weight excluding hydrogens is 516 g/mol. The SMILES string of the molecule is O=C(O)c1ccc(Cn2cc(C=Nn3c(-c4cc5ccccc5o4)nc4ccccc4c3=O)c3ccccc32)cc1. The molecule has 0 atom stereocenters. The summed E-state index contributed by atoms with van der Waals surface area (Å²) in [5.41, 5.74) is 3.96. The first kappa shape index (κ1) is 24.3. The molecule has 0 spiro atoms. The summed E-state index contributed by atoms with van der Waals surface area (Å²) < 4.78 is 9.44. The summed E-state index contributed by atoms with van der Waals surface area (Å²) >= 11 is 0. The predicted molar refractivity (Wildman–Crippen MR) is 159 cm³/mol. The van der Waals surface area contributed by atoms with E-state index in [1.165, 1.54) is 4.68 Å². The molecule has 0 bridgehead atoms. The smallest absolute Gasteiger partial charge is 0.335 e. The summed E-state index contributed by atoms with van der Waals surface area (Å²) in [6.07, 6.45) is 3.63. The van der Waals surface area contributed by atoms with E-state index in [2.05, 4.69) is 9.67 Å². The maximum Gasteiger partial charge on any atom is 0.335 e. The van der Waals surface area contributed by atoms with Gasteiger partial charge in [-0.2, -0.15) is 9.78 Å². The van der Waals surface area contributed by atoms with Crippen molar-refractivity contribution in [2.75, 3.05) is 0 Å². The molecule has 198 valence electrons. The Bertz CT molecular complexity index is 2150. The molecule has 0 aliphatic carbocycles. The van der Waals surface area contributed by atoms with Gasteiger partial charge in [-0.3, -0.25) is 4.79 Å². The molecule has 0 saturated carbocycles. The highest BCUT2D eigenvalue weighted by Crippen LogP contribution is 2.27. The van der Waals surface area contributed by atoms with Crippen LogP contribution >= 0.6 is 0 Å². The van der Waals surface area contributed by atoms with Gasteiger partial charge in [0.2, 0.25) is 5.82 Å². The fourth-order valence-electron chi connectivity index (χ4n) is 5.06. The second-order valence-corrected chi connectivity index (χ2v) is 9.69. The number of fused-ring (bicyclic) bond motifs is 3. The average Bonchev–Trinajstić information content (AvgIpc) is 3.59. The largest absolute Gasteiger partial charge is 0.478 e. The van der Waals surface area contributed by atoms with E-state index >= 15 is 0 Å². The van der Waals surface area contributed by atoms with Crippen LogP contribution in [0.3, 0.4) is 0 Å². The molecule has 0 aliphatic rings. The van der Waals surface area contributed by atoms with Crippen molar-refractivity contribution < 1.29 is 14.3 Å². The lowest BCUT2D eigenvalue weighted by atomic mass is 10.1. The topological polar surface area (TPSA) is 103 Å². The Labute approximate surface area is 233 Å². The highest BCUT2D eigenvalue weighted by Gasteiger charge is 2.17. The van der Waals surface area contributed by atoms with Crippen LogP contribution in [0.2, 0.25) is 0 Å². The quantitative estimate of drug-likeness (QED) is 0.247. The van der Waals surface area contributed by atoms with Crippen molar-refractivity contribution >= 4 is 45.0 Å². The lowest BCUT2D eigenvalue weighted by molar-refractivity contribution is 0.0697. The number of rotatable bonds is 6. The van der Waals surface area contributed by atoms with Gasteiger partial charge in [0.05, 0.1) is 22.7 Å². The molecule has 3 heterocycles. The van der Waals surface area contributed by atoms with Gasteiger partial charge in [0, 0.05) is 34.6 Å². The number of carbonyl (C=O) groups is 1. The van der Waals surface area contributed by atoms with Crippen LogP contribution in [-0.4, -0.2) is 31.5 Å². The molecule has 1 N–H and O–H groups in total. The Morgan fingerprint density at radius 3 is 2.44 bits per heavy atom. The Hall–Kier alpha value is -5.76. The van der Waals surface area contributed by atoms with E-state index < -0.39 is 5.97 Å². The Morgan fingerprint density at radius 1 is 0.902 bits per heavy atom. The maximum absolute atomic E-state index is 13.7. The van der Waals surface area contributed by atoms with E-state index in [9.17, 15) is 14.7 Å². The first-order valence-electron chi connectivity index (χ1n) is 13.0. The molecule has 0 aliphatic heterocycles. The zero-order valence-electron chi connectivity index (χ0n) is 21.6. The number of benzene rings is 4. The van der Waals surface area contributed by atoms with Crippen LogP contribution < -0.4 is 5.56 Å². The monoisotopic (exact) mass is 538 g/mol. The first-order chi connectivity index (χ1) is 20.0. The fourth-order valence-corrected chi connectivity index (χ4v) is 5.06. The predicted octanol–water partition coefficient (Wildman–Crippen LogP) is 6.39. The van der Waals surface area contributed by atoms with Crippen molar-refractivity contribution in [3.8, 4) is 11.6 Å². The van der Waals surface area contributed by atoms with Gasteiger partial charge in [-0.1, -0.05) is 60.7 Å². The van der Waals surface area contributed by atoms with Gasteiger partial charge in [0.25, 0.3) is 5.56 Å². The van der Waals surface area contributed by atoms with Gasteiger partial charge in [-0.05, 0) is 48.0 Å². The molecular formula is C33H22N4O4. The van der Waals surface area contributed by atoms with Crippen molar-refractivity contribution in [3.05, 3.63) is 136 Å². The van der Waals surface area contributed by atoms with Crippen LogP contribution in [0.5, 0.6) is 0 Å². The third-order valence-electron chi connectivity index (χ3n) is 7.09. The lowest BCUT2D eigenvalue weighted by Gasteiger charge is -2.07. The van der Waals surface area contributed by atoms with Crippen molar-refractivity contribution in [1.29, 1.82) is 0 Å². The van der Waals surface area contributed by atoms with Crippen LogP contribution in [0.4, 0.5) is 0 Å². The van der Waals surface area contributed by atoms with E-state index in [-0.39, 0.29) is 11.1 Å². The molecule has 0 amide bonds. The molecule has 0 unspecified atom stereocenters. The van der Waals surface area contributed by atoms with E-state index in [1.807, 2.05) is 79.0 Å². The van der Waals surface area contributed by atoms with Gasteiger partial charge in [-0.25, -0.2) is 9.78 Å². The minimum Gasteiger partial charge on any atom is -0.478 e. The number of hydrogen-bond donors (Lipinski definition) is 1. The van der Waals surface area contributed by atoms with Crippen LogP contribution in [0.1, 0.15) is 21.5 Å². The number of hydrogen-bond acceptors (Lipinski definition) is 5. The minimum absolute atomic E-state index is 0.244. The van der Waals surface area contributed by atoms with Gasteiger partial charge in [0.15, 0.2) is 5.76 Å². The molecule has 4 aromatic carbocycles. The molecule has 0 saturated heterocycles. The zero-order valence-corrected chi connectivity index (χ0v) is 21.6. The third kappa shape index (κ3) is 4.37. The van der Waals surface area contributed by atoms with Crippen LogP contribution in [-0.2, 0) is 6.54 Å². The summed E-state index contributed by atoms with van der Waals surface area (Å²) in [6.45, 7) is 0.538. The van der Waals surface area contributed by atoms with Crippen molar-refractivity contribution in [3.63, 3.8) is 0 Å². The van der Waals surface area contributed by atoms with Gasteiger partial charge in [0.1, 0.15) is 5.58 Å². The molecule has 8 heteroatoms. The van der Waals surface area contributed by atoms with E-state index in [0.29, 0.717) is 34.6 Å². The second-order valence-electron chi connectivity index (χ2n) is 9.69. The molecule has 8 nitrogen and oxygen atoms in total. The summed E-state index contributed by atoms with van der Waals surface area (Å²) in [6, 6.07) is 31.4. The number of carboxylic acids is 1. The maximum atomic E-state index is 13.7. The Morgan fingerprint density at radius 2 is 1.63 bits per heavy atom. The van der Waals surface area contributed by atoms with Gasteiger partial charge in [-0.15, -0.1) is 0 Å². The normalized spacial score (nSPS) is 11.7. The zero-order chi connectivity index (χ0) is 27.9. The number of aromatic nitrogens is 3. The Balaban J connectivity index is 1.34. The summed E-state index contributed by atoms with van der Waals surface area (Å²) in [5.74, 6) is -0.205. The van der Waals surface area contributed by atoms with Crippen molar-refractivity contribution in [2.45, 2.75) is 6.54 Å². The highest BCUT2D eigenvalue weighted by molar-refractivity contribution is 5.99. The number of aromatic carboxylic acids is 1. The molecule has 7 rings (SSSR count). The van der Waals surface area contributed by atoms with Crippen LogP contribution in [0, 0.1) is 0 Å². The van der Waals surface area contributed by atoms with E-state index in [1.54, 1.807) is 36.5 Å². The number of furan rings is 1. The number of para-hydroxylation sites is 3. The Kier molecular flexibility index (Phi) is 5.79. The first-order valence-corrected chi connectivity index (χ1v) is 13.0. The van der Waals surface area contributed by atoms with Crippen molar-refractivity contribution in [1.82, 2.24) is 14.2 Å². The summed E-state index contributed by atoms with van der Waals surface area (Å²) in [7, 11) is 0. The lowest BCUT2D eigenvalue weighted by Crippen LogP contribution is -2.20. The highest BCUT2D eigenvalue weighted by atomic mass is 16.4. The standard InChI is InChI=1S/C33H22N4O4/c38-32-26-9-2-4-10-27(26)35-31(30-17-23-7-1-6-12-29(23)41-30)37(32)34-18-24-20-36(28-11-5-3-8-25(24)28)19-21-13-15-22(16-14-21)33(39)40/h1-18,20H,19H2,(H,39,40). The minimum atomic E-state index is -0.957. The third-order valence-corrected chi connectivity index (χ3v) is 7.09. The molecule has 3 aromatic heterocycles. The van der Waals surface area contributed by atoms with Gasteiger partial charge >= 0.3 is 5.97 Å². The molecule has 7 aromatic rings. The summed E-state index contributed by atoms with van der Waals surface area (Å²) in [4.78, 5) is 29.7. The molecule has 41 heavy (non-hydrogen) atoms. The van der Waals surface area contributed by atoms with Crippen molar-refractivity contribution in [2.24, 2.45) is 5.10 Å². The van der Waals surface area contributed by atoms with E-state index in [4.69, 9.17) is 9.40 Å². The van der Waals surface area contributed by atoms with E-state index in [0.717, 1.165) is 27.4 Å². The average molecular weight is 539 g/mol. The van der Waals surface area contributed by atoms with Crippen LogP contribution in [0.15, 0.2) is 124 Å². The number of carboxylic acid groups (broad SMARTS) is 1. The molecule has 0 fully saturated rings. The number of nitrogens with zero attached hydrogens (tertiary/aromatic N) is 4. The van der Waals surface area contributed by atoms with Crippen LogP contribution in [0.25, 0.3) is 44.4 Å². The van der Waals surface area contributed by atoms with Gasteiger partial charge < -0.3 is 14.1 Å².